The molecule has 2 aromatic heterocycles. The van der Waals surface area contributed by atoms with Crippen molar-refractivity contribution in [3.8, 4) is 23.0 Å². The van der Waals surface area contributed by atoms with E-state index in [0.717, 1.165) is 16.8 Å². The molecular weight excluding hydrogens is 434 g/mol. The van der Waals surface area contributed by atoms with Gasteiger partial charge >= 0.3 is 0 Å². The molecule has 4 rings (SSSR count). The topological polar surface area (TPSA) is 104 Å². The van der Waals surface area contributed by atoms with Crippen LogP contribution in [0.5, 0.6) is 11.5 Å². The maximum atomic E-state index is 12.9. The number of ether oxygens (including phenoxy) is 2. The molecule has 0 aliphatic rings. The SMILES string of the molecule is COc1cccc(-c2nc(Cn3nnc(C(=O)Nc4cccc(C)c4C)c3C)c(C)o2)c1OC. The van der Waals surface area contributed by atoms with Crippen LogP contribution in [0.4, 0.5) is 5.69 Å². The number of carbonyl (C=O) groups is 1. The fourth-order valence-corrected chi connectivity index (χ4v) is 3.68. The van der Waals surface area contributed by atoms with Crippen molar-refractivity contribution in [2.45, 2.75) is 34.2 Å². The Labute approximate surface area is 197 Å². The summed E-state index contributed by atoms with van der Waals surface area (Å²) in [6.45, 7) is 7.91. The first-order valence-corrected chi connectivity index (χ1v) is 10.8. The lowest BCUT2D eigenvalue weighted by Gasteiger charge is -2.10. The molecule has 0 fully saturated rings. The van der Waals surface area contributed by atoms with Crippen LogP contribution in [0.15, 0.2) is 40.8 Å². The summed E-state index contributed by atoms with van der Waals surface area (Å²) in [7, 11) is 3.15. The molecule has 0 aliphatic carbocycles. The lowest BCUT2D eigenvalue weighted by atomic mass is 10.1. The Hall–Kier alpha value is -4.14. The van der Waals surface area contributed by atoms with Crippen LogP contribution >= 0.6 is 0 Å². The van der Waals surface area contributed by atoms with Gasteiger partial charge in [0, 0.05) is 5.69 Å². The Morgan fingerprint density at radius 1 is 1.06 bits per heavy atom. The number of amides is 1. The quantitative estimate of drug-likeness (QED) is 0.432. The molecule has 2 heterocycles. The zero-order valence-electron chi connectivity index (χ0n) is 20.1. The Morgan fingerprint density at radius 2 is 1.82 bits per heavy atom. The minimum atomic E-state index is -0.309. The summed E-state index contributed by atoms with van der Waals surface area (Å²) in [6.07, 6.45) is 0. The van der Waals surface area contributed by atoms with Gasteiger partial charge in [0.2, 0.25) is 5.89 Å². The van der Waals surface area contributed by atoms with Crippen molar-refractivity contribution in [2.75, 3.05) is 19.5 Å². The summed E-state index contributed by atoms with van der Waals surface area (Å²) in [5.41, 5.74) is 5.11. The summed E-state index contributed by atoms with van der Waals surface area (Å²) in [4.78, 5) is 17.5. The Kier molecular flexibility index (Phi) is 6.36. The predicted octanol–water partition coefficient (Wildman–Crippen LogP) is 4.48. The molecule has 1 N–H and O–H groups in total. The summed E-state index contributed by atoms with van der Waals surface area (Å²) >= 11 is 0. The van der Waals surface area contributed by atoms with E-state index < -0.39 is 0 Å². The number of anilines is 1. The number of carbonyl (C=O) groups excluding carboxylic acids is 1. The van der Waals surface area contributed by atoms with Gasteiger partial charge in [-0.1, -0.05) is 23.4 Å². The number of aromatic nitrogens is 4. The number of para-hydroxylation sites is 1. The number of nitrogens with one attached hydrogen (secondary N) is 1. The Morgan fingerprint density at radius 3 is 2.56 bits per heavy atom. The highest BCUT2D eigenvalue weighted by atomic mass is 16.5. The molecule has 0 unspecified atom stereocenters. The highest BCUT2D eigenvalue weighted by Crippen LogP contribution is 2.38. The van der Waals surface area contributed by atoms with Gasteiger partial charge < -0.3 is 19.2 Å². The van der Waals surface area contributed by atoms with Gasteiger partial charge in [-0.05, 0) is 57.0 Å². The highest BCUT2D eigenvalue weighted by molar-refractivity contribution is 6.04. The summed E-state index contributed by atoms with van der Waals surface area (Å²) in [5.74, 6) is 1.87. The molecule has 34 heavy (non-hydrogen) atoms. The monoisotopic (exact) mass is 461 g/mol. The van der Waals surface area contributed by atoms with Crippen LogP contribution in [0.3, 0.4) is 0 Å². The average Bonchev–Trinajstić information content (AvgIpc) is 3.38. The number of aryl methyl sites for hydroxylation is 2. The van der Waals surface area contributed by atoms with Crippen LogP contribution in [0, 0.1) is 27.7 Å². The highest BCUT2D eigenvalue weighted by Gasteiger charge is 2.21. The van der Waals surface area contributed by atoms with E-state index in [0.29, 0.717) is 46.6 Å². The van der Waals surface area contributed by atoms with Crippen LogP contribution in [-0.2, 0) is 6.54 Å². The standard InChI is InChI=1S/C25H27N5O4/c1-14-9-7-11-19(15(14)2)26-24(31)22-16(3)30(29-28-22)13-20-17(4)34-25(27-20)18-10-8-12-21(32-5)23(18)33-6/h7-12H,13H2,1-6H3,(H,26,31). The molecule has 0 saturated carbocycles. The number of methoxy groups -OCH3 is 2. The van der Waals surface area contributed by atoms with E-state index in [1.165, 1.54) is 0 Å². The molecule has 4 aromatic rings. The zero-order chi connectivity index (χ0) is 24.4. The van der Waals surface area contributed by atoms with Gasteiger partial charge in [-0.3, -0.25) is 4.79 Å². The van der Waals surface area contributed by atoms with E-state index in [1.807, 2.05) is 57.2 Å². The number of hydrogen-bond acceptors (Lipinski definition) is 7. The summed E-state index contributed by atoms with van der Waals surface area (Å²) < 4.78 is 18.4. The minimum absolute atomic E-state index is 0.261. The van der Waals surface area contributed by atoms with Crippen molar-refractivity contribution >= 4 is 11.6 Å². The van der Waals surface area contributed by atoms with Gasteiger partial charge in [0.1, 0.15) is 11.5 Å². The van der Waals surface area contributed by atoms with Crippen molar-refractivity contribution in [1.29, 1.82) is 0 Å². The number of benzene rings is 2. The first kappa shape index (κ1) is 23.0. The smallest absolute Gasteiger partial charge is 0.278 e. The minimum Gasteiger partial charge on any atom is -0.493 e. The lowest BCUT2D eigenvalue weighted by Crippen LogP contribution is -2.15. The maximum Gasteiger partial charge on any atom is 0.278 e. The third-order valence-electron chi connectivity index (χ3n) is 5.88. The van der Waals surface area contributed by atoms with Gasteiger partial charge in [-0.15, -0.1) is 5.10 Å². The molecule has 0 atom stereocenters. The normalized spacial score (nSPS) is 10.9. The predicted molar refractivity (Wildman–Crippen MR) is 128 cm³/mol. The van der Waals surface area contributed by atoms with Crippen LogP contribution < -0.4 is 14.8 Å². The van der Waals surface area contributed by atoms with Crippen molar-refractivity contribution in [2.24, 2.45) is 0 Å². The molecule has 176 valence electrons. The van der Waals surface area contributed by atoms with Crippen molar-refractivity contribution < 1.29 is 18.7 Å². The molecule has 0 saturated heterocycles. The van der Waals surface area contributed by atoms with Crippen LogP contribution in [0.1, 0.15) is 38.8 Å². The third kappa shape index (κ3) is 4.24. The number of nitrogens with zero attached hydrogens (tertiary/aromatic N) is 4. The molecule has 9 heteroatoms. The van der Waals surface area contributed by atoms with Gasteiger partial charge in [-0.2, -0.15) is 0 Å². The fourth-order valence-electron chi connectivity index (χ4n) is 3.68. The number of oxazole rings is 1. The second-order valence-electron chi connectivity index (χ2n) is 7.95. The largest absolute Gasteiger partial charge is 0.493 e. The Balaban J connectivity index is 1.58. The number of hydrogen-bond donors (Lipinski definition) is 1. The maximum absolute atomic E-state index is 12.9. The molecular formula is C25H27N5O4. The molecule has 1 amide bonds. The van der Waals surface area contributed by atoms with Crippen LogP contribution in [0.25, 0.3) is 11.5 Å². The fraction of sp³-hybridized carbons (Fsp3) is 0.280. The van der Waals surface area contributed by atoms with Crippen molar-refractivity contribution in [3.05, 3.63) is 70.4 Å². The van der Waals surface area contributed by atoms with E-state index in [4.69, 9.17) is 13.9 Å². The van der Waals surface area contributed by atoms with E-state index in [2.05, 4.69) is 20.6 Å². The first-order valence-electron chi connectivity index (χ1n) is 10.8. The van der Waals surface area contributed by atoms with E-state index in [1.54, 1.807) is 25.8 Å². The van der Waals surface area contributed by atoms with Crippen molar-refractivity contribution in [1.82, 2.24) is 20.0 Å². The zero-order valence-corrected chi connectivity index (χ0v) is 20.1. The van der Waals surface area contributed by atoms with Crippen molar-refractivity contribution in [3.63, 3.8) is 0 Å². The summed E-state index contributed by atoms with van der Waals surface area (Å²) in [5, 5.41) is 11.2. The first-order chi connectivity index (χ1) is 16.3. The summed E-state index contributed by atoms with van der Waals surface area (Å²) in [6, 6.07) is 11.3. The molecule has 0 spiro atoms. The lowest BCUT2D eigenvalue weighted by molar-refractivity contribution is 0.102. The van der Waals surface area contributed by atoms with Crippen LogP contribution in [-0.4, -0.2) is 40.1 Å². The molecule has 0 radical (unpaired) electrons. The van der Waals surface area contributed by atoms with E-state index >= 15 is 0 Å². The van der Waals surface area contributed by atoms with Gasteiger partial charge in [0.25, 0.3) is 5.91 Å². The van der Waals surface area contributed by atoms with Gasteiger partial charge in [0.05, 0.1) is 32.0 Å². The molecule has 2 aromatic carbocycles. The van der Waals surface area contributed by atoms with Gasteiger partial charge in [-0.25, -0.2) is 9.67 Å². The average molecular weight is 462 g/mol. The molecule has 0 bridgehead atoms. The molecule has 0 aliphatic heterocycles. The third-order valence-corrected chi connectivity index (χ3v) is 5.88. The second-order valence-corrected chi connectivity index (χ2v) is 7.95. The van der Waals surface area contributed by atoms with E-state index in [9.17, 15) is 4.79 Å². The Bertz CT molecular complexity index is 1360. The van der Waals surface area contributed by atoms with Gasteiger partial charge in [0.15, 0.2) is 17.2 Å². The number of rotatable bonds is 7. The second kappa shape index (κ2) is 9.38. The molecule has 9 nitrogen and oxygen atoms in total. The van der Waals surface area contributed by atoms with E-state index in [-0.39, 0.29) is 11.6 Å². The van der Waals surface area contributed by atoms with Crippen LogP contribution in [0.2, 0.25) is 0 Å².